The van der Waals surface area contributed by atoms with E-state index in [-0.39, 0.29) is 17.8 Å². The number of carboxylic acid groups (broad SMARTS) is 1. The Morgan fingerprint density at radius 3 is 2.14 bits per heavy atom. The standard InChI is InChI=1S/C18H27FO2/c1-3-5-7-9-14-11-15(10-8-6-4-2)18(19)16(12-14)13-17(20)21/h11-12H,3-10,13H2,1-2H3,(H,20,21)/p-1. The molecule has 0 saturated carbocycles. The number of aliphatic carboxylic acids is 1. The van der Waals surface area contributed by atoms with E-state index in [4.69, 9.17) is 0 Å². The van der Waals surface area contributed by atoms with E-state index in [1.54, 1.807) is 6.07 Å². The van der Waals surface area contributed by atoms with Gasteiger partial charge in [-0.15, -0.1) is 0 Å². The summed E-state index contributed by atoms with van der Waals surface area (Å²) in [5, 5.41) is 10.8. The second-order valence-corrected chi connectivity index (χ2v) is 5.69. The average molecular weight is 293 g/mol. The molecule has 2 nitrogen and oxygen atoms in total. The molecule has 0 aliphatic carbocycles. The molecule has 0 saturated heterocycles. The van der Waals surface area contributed by atoms with Gasteiger partial charge in [-0.1, -0.05) is 51.7 Å². The van der Waals surface area contributed by atoms with Crippen molar-refractivity contribution in [2.24, 2.45) is 0 Å². The lowest BCUT2D eigenvalue weighted by molar-refractivity contribution is -0.304. The molecule has 0 bridgehead atoms. The average Bonchev–Trinajstić information content (AvgIpc) is 2.43. The Bertz CT molecular complexity index is 455. The van der Waals surface area contributed by atoms with Crippen molar-refractivity contribution in [2.75, 3.05) is 0 Å². The highest BCUT2D eigenvalue weighted by Gasteiger charge is 2.11. The molecule has 0 aromatic heterocycles. The topological polar surface area (TPSA) is 40.1 Å². The highest BCUT2D eigenvalue weighted by atomic mass is 19.1. The summed E-state index contributed by atoms with van der Waals surface area (Å²) in [6.07, 6.45) is 7.65. The van der Waals surface area contributed by atoms with E-state index in [9.17, 15) is 14.3 Å². The van der Waals surface area contributed by atoms with Crippen molar-refractivity contribution in [3.8, 4) is 0 Å². The minimum absolute atomic E-state index is 0.274. The van der Waals surface area contributed by atoms with Crippen LogP contribution in [0.3, 0.4) is 0 Å². The van der Waals surface area contributed by atoms with E-state index in [2.05, 4.69) is 13.8 Å². The van der Waals surface area contributed by atoms with E-state index in [1.165, 1.54) is 0 Å². The van der Waals surface area contributed by atoms with Crippen molar-refractivity contribution in [1.82, 2.24) is 0 Å². The lowest BCUT2D eigenvalue weighted by Gasteiger charge is -2.13. The third-order valence-electron chi connectivity index (χ3n) is 3.74. The largest absolute Gasteiger partial charge is 0.550 e. The van der Waals surface area contributed by atoms with Crippen molar-refractivity contribution in [3.63, 3.8) is 0 Å². The number of unbranched alkanes of at least 4 members (excludes halogenated alkanes) is 4. The zero-order valence-corrected chi connectivity index (χ0v) is 13.2. The van der Waals surface area contributed by atoms with Crippen molar-refractivity contribution >= 4 is 5.97 Å². The third kappa shape index (κ3) is 6.28. The third-order valence-corrected chi connectivity index (χ3v) is 3.74. The number of carboxylic acids is 1. The second-order valence-electron chi connectivity index (χ2n) is 5.69. The van der Waals surface area contributed by atoms with Crippen molar-refractivity contribution in [2.45, 2.75) is 71.6 Å². The second kappa shape index (κ2) is 9.54. The SMILES string of the molecule is CCCCCc1cc(CCCCC)c(F)c(CC(=O)[O-])c1. The van der Waals surface area contributed by atoms with E-state index >= 15 is 0 Å². The van der Waals surface area contributed by atoms with Gasteiger partial charge >= 0.3 is 0 Å². The number of carbonyl (C=O) groups excluding carboxylic acids is 1. The van der Waals surface area contributed by atoms with Crippen LogP contribution in [0.4, 0.5) is 4.39 Å². The normalized spacial score (nSPS) is 10.8. The van der Waals surface area contributed by atoms with Gasteiger partial charge in [0.15, 0.2) is 0 Å². The molecule has 3 heteroatoms. The predicted octanol–water partition coefficient (Wildman–Crippen LogP) is 3.58. The van der Waals surface area contributed by atoms with Crippen LogP contribution in [0.2, 0.25) is 0 Å². The molecule has 1 aromatic carbocycles. The quantitative estimate of drug-likeness (QED) is 0.619. The first-order valence-electron chi connectivity index (χ1n) is 8.08. The fraction of sp³-hybridized carbons (Fsp3) is 0.611. The van der Waals surface area contributed by atoms with Crippen LogP contribution in [-0.4, -0.2) is 5.97 Å². The van der Waals surface area contributed by atoms with Crippen LogP contribution in [0.15, 0.2) is 12.1 Å². The zero-order chi connectivity index (χ0) is 15.7. The molecule has 1 rings (SSSR count). The van der Waals surface area contributed by atoms with Crippen LogP contribution in [0.25, 0.3) is 0 Å². The van der Waals surface area contributed by atoms with Crippen molar-refractivity contribution in [3.05, 3.63) is 34.6 Å². The van der Waals surface area contributed by atoms with Gasteiger partial charge in [-0.2, -0.15) is 0 Å². The van der Waals surface area contributed by atoms with Crippen LogP contribution in [0.5, 0.6) is 0 Å². The summed E-state index contributed by atoms with van der Waals surface area (Å²) in [6, 6.07) is 3.61. The van der Waals surface area contributed by atoms with Crippen molar-refractivity contribution < 1.29 is 14.3 Å². The van der Waals surface area contributed by atoms with Gasteiger partial charge in [-0.3, -0.25) is 0 Å². The highest BCUT2D eigenvalue weighted by molar-refractivity contribution is 5.68. The van der Waals surface area contributed by atoms with E-state index in [0.29, 0.717) is 12.0 Å². The summed E-state index contributed by atoms with van der Waals surface area (Å²) in [4.78, 5) is 10.8. The fourth-order valence-corrected chi connectivity index (χ4v) is 2.58. The van der Waals surface area contributed by atoms with E-state index < -0.39 is 5.97 Å². The molecule has 118 valence electrons. The Labute approximate surface area is 127 Å². The fourth-order valence-electron chi connectivity index (χ4n) is 2.58. The summed E-state index contributed by atoms with van der Waals surface area (Å²) >= 11 is 0. The van der Waals surface area contributed by atoms with Gasteiger partial charge in [-0.05, 0) is 42.4 Å². The molecule has 0 heterocycles. The summed E-state index contributed by atoms with van der Waals surface area (Å²) in [6.45, 7) is 4.25. The highest BCUT2D eigenvalue weighted by Crippen LogP contribution is 2.21. The Balaban J connectivity index is 2.91. The maximum absolute atomic E-state index is 14.3. The Morgan fingerprint density at radius 2 is 1.57 bits per heavy atom. The first-order valence-corrected chi connectivity index (χ1v) is 8.08. The van der Waals surface area contributed by atoms with Gasteiger partial charge in [0.05, 0.1) is 0 Å². The molecule has 0 radical (unpaired) electrons. The first-order chi connectivity index (χ1) is 10.1. The van der Waals surface area contributed by atoms with Crippen LogP contribution in [-0.2, 0) is 24.1 Å². The smallest absolute Gasteiger partial charge is 0.129 e. The Kier molecular flexibility index (Phi) is 8.03. The molecule has 0 amide bonds. The molecule has 1 aromatic rings. The molecule has 0 aliphatic heterocycles. The van der Waals surface area contributed by atoms with Crippen molar-refractivity contribution in [1.29, 1.82) is 0 Å². The number of halogens is 1. The minimum atomic E-state index is -1.22. The van der Waals surface area contributed by atoms with E-state index in [1.807, 2.05) is 6.07 Å². The molecule has 0 atom stereocenters. The molecule has 0 unspecified atom stereocenters. The monoisotopic (exact) mass is 293 g/mol. The number of aryl methyl sites for hydroxylation is 2. The van der Waals surface area contributed by atoms with Crippen LogP contribution in [0, 0.1) is 5.82 Å². The number of benzene rings is 1. The predicted molar refractivity (Wildman–Crippen MR) is 81.6 cm³/mol. The van der Waals surface area contributed by atoms with Gasteiger partial charge in [0.1, 0.15) is 5.82 Å². The summed E-state index contributed by atoms with van der Waals surface area (Å²) in [5.74, 6) is -1.58. The molecule has 0 N–H and O–H groups in total. The molecule has 21 heavy (non-hydrogen) atoms. The van der Waals surface area contributed by atoms with Crippen LogP contribution >= 0.6 is 0 Å². The minimum Gasteiger partial charge on any atom is -0.550 e. The molecule has 0 fully saturated rings. The summed E-state index contributed by atoms with van der Waals surface area (Å²) in [7, 11) is 0. The molecular weight excluding hydrogens is 267 g/mol. The zero-order valence-electron chi connectivity index (χ0n) is 13.2. The van der Waals surface area contributed by atoms with Gasteiger partial charge in [0, 0.05) is 12.4 Å². The lowest BCUT2D eigenvalue weighted by Crippen LogP contribution is -2.25. The number of hydrogen-bond acceptors (Lipinski definition) is 2. The maximum atomic E-state index is 14.3. The van der Waals surface area contributed by atoms with Gasteiger partial charge < -0.3 is 9.90 Å². The summed E-state index contributed by atoms with van der Waals surface area (Å²) in [5.41, 5.74) is 1.98. The lowest BCUT2D eigenvalue weighted by atomic mass is 9.96. The molecule has 0 aliphatic rings. The van der Waals surface area contributed by atoms with Gasteiger partial charge in [0.2, 0.25) is 0 Å². The van der Waals surface area contributed by atoms with E-state index in [0.717, 1.165) is 50.5 Å². The van der Waals surface area contributed by atoms with Gasteiger partial charge in [-0.25, -0.2) is 4.39 Å². The Hall–Kier alpha value is -1.38. The molecule has 0 spiro atoms. The van der Waals surface area contributed by atoms with Gasteiger partial charge in [0.25, 0.3) is 0 Å². The number of hydrogen-bond donors (Lipinski definition) is 0. The molecular formula is C18H26FO2-. The number of carbonyl (C=O) groups is 1. The van der Waals surface area contributed by atoms with Crippen LogP contribution < -0.4 is 5.11 Å². The summed E-state index contributed by atoms with van der Waals surface area (Å²) < 4.78 is 14.3. The first kappa shape index (κ1) is 17.7. The Morgan fingerprint density at radius 1 is 1.00 bits per heavy atom. The maximum Gasteiger partial charge on any atom is 0.129 e. The number of rotatable bonds is 10. The van der Waals surface area contributed by atoms with Crippen LogP contribution in [0.1, 0.15) is 69.1 Å².